The molecule has 0 saturated heterocycles. The van der Waals surface area contributed by atoms with Gasteiger partial charge in [0.1, 0.15) is 0 Å². The molecule has 3 nitrogen and oxygen atoms in total. The van der Waals surface area contributed by atoms with E-state index in [0.717, 1.165) is 6.54 Å². The van der Waals surface area contributed by atoms with Crippen LogP contribution >= 0.6 is 0 Å². The Labute approximate surface area is 113 Å². The van der Waals surface area contributed by atoms with Crippen LogP contribution in [-0.2, 0) is 16.1 Å². The van der Waals surface area contributed by atoms with Crippen LogP contribution in [0.2, 0.25) is 0 Å². The van der Waals surface area contributed by atoms with Crippen LogP contribution in [0.15, 0.2) is 42.5 Å². The topological polar surface area (TPSA) is 38.3 Å². The van der Waals surface area contributed by atoms with E-state index in [1.54, 1.807) is 0 Å². The summed E-state index contributed by atoms with van der Waals surface area (Å²) in [7, 11) is 1.42. The molecule has 2 rings (SSSR count). The Bertz CT molecular complexity index is 560. The number of rotatable bonds is 5. The Hall–Kier alpha value is -1.87. The van der Waals surface area contributed by atoms with Crippen LogP contribution in [0, 0.1) is 0 Å². The van der Waals surface area contributed by atoms with Gasteiger partial charge in [0.2, 0.25) is 0 Å². The monoisotopic (exact) mass is 257 g/mol. The number of benzene rings is 2. The third-order valence-electron chi connectivity index (χ3n) is 3.22. The molecule has 1 atom stereocenters. The summed E-state index contributed by atoms with van der Waals surface area (Å²) in [6.07, 6.45) is 0.390. The predicted octanol–water partition coefficient (Wildman–Crippen LogP) is 2.88. The fourth-order valence-corrected chi connectivity index (χ4v) is 2.14. The number of carbonyl (C=O) groups is 1. The number of nitrogens with one attached hydrogen (secondary N) is 1. The standard InChI is InChI=1S/C16H19NO2/c1-12(10-16(18)19-2)17-11-14-8-5-7-13-6-3-4-9-15(13)14/h3-9,12,17H,10-11H2,1-2H3. The van der Waals surface area contributed by atoms with E-state index in [1.165, 1.54) is 23.4 Å². The van der Waals surface area contributed by atoms with Gasteiger partial charge >= 0.3 is 5.97 Å². The summed E-state index contributed by atoms with van der Waals surface area (Å²) in [5.74, 6) is -0.182. The average molecular weight is 257 g/mol. The number of methoxy groups -OCH3 is 1. The zero-order valence-corrected chi connectivity index (χ0v) is 11.3. The molecule has 0 aliphatic carbocycles. The Balaban J connectivity index is 2.04. The second-order valence-electron chi connectivity index (χ2n) is 4.70. The fourth-order valence-electron chi connectivity index (χ4n) is 2.14. The first-order valence-corrected chi connectivity index (χ1v) is 6.47. The molecular formula is C16H19NO2. The van der Waals surface area contributed by atoms with Crippen molar-refractivity contribution in [2.75, 3.05) is 7.11 Å². The summed E-state index contributed by atoms with van der Waals surface area (Å²) < 4.78 is 4.66. The molecule has 0 aromatic heterocycles. The van der Waals surface area contributed by atoms with Crippen LogP contribution in [0.3, 0.4) is 0 Å². The molecule has 0 fully saturated rings. The lowest BCUT2D eigenvalue weighted by atomic mass is 10.0. The molecule has 0 amide bonds. The van der Waals surface area contributed by atoms with E-state index < -0.39 is 0 Å². The third-order valence-corrected chi connectivity index (χ3v) is 3.22. The van der Waals surface area contributed by atoms with Crippen molar-refractivity contribution in [3.8, 4) is 0 Å². The third kappa shape index (κ3) is 3.55. The molecule has 0 aliphatic rings. The molecule has 1 N–H and O–H groups in total. The van der Waals surface area contributed by atoms with Crippen molar-refractivity contribution in [1.29, 1.82) is 0 Å². The number of fused-ring (bicyclic) bond motifs is 1. The highest BCUT2D eigenvalue weighted by Gasteiger charge is 2.09. The van der Waals surface area contributed by atoms with E-state index in [-0.39, 0.29) is 12.0 Å². The van der Waals surface area contributed by atoms with E-state index in [9.17, 15) is 4.79 Å². The van der Waals surface area contributed by atoms with E-state index >= 15 is 0 Å². The number of hydrogen-bond acceptors (Lipinski definition) is 3. The van der Waals surface area contributed by atoms with E-state index in [0.29, 0.717) is 6.42 Å². The minimum Gasteiger partial charge on any atom is -0.469 e. The SMILES string of the molecule is COC(=O)CC(C)NCc1cccc2ccccc12. The van der Waals surface area contributed by atoms with Gasteiger partial charge in [-0.25, -0.2) is 0 Å². The van der Waals surface area contributed by atoms with Gasteiger partial charge < -0.3 is 10.1 Å². The molecule has 0 heterocycles. The molecule has 3 heteroatoms. The van der Waals surface area contributed by atoms with Crippen molar-refractivity contribution >= 4 is 16.7 Å². The maximum atomic E-state index is 11.2. The van der Waals surface area contributed by atoms with Gasteiger partial charge in [0, 0.05) is 12.6 Å². The Morgan fingerprint density at radius 1 is 1.21 bits per heavy atom. The molecule has 0 aliphatic heterocycles. The minimum atomic E-state index is -0.182. The lowest BCUT2D eigenvalue weighted by Gasteiger charge is -2.13. The molecule has 100 valence electrons. The van der Waals surface area contributed by atoms with Crippen LogP contribution in [0.5, 0.6) is 0 Å². The van der Waals surface area contributed by atoms with E-state index in [4.69, 9.17) is 0 Å². The predicted molar refractivity (Wildman–Crippen MR) is 76.9 cm³/mol. The largest absolute Gasteiger partial charge is 0.469 e. The van der Waals surface area contributed by atoms with Crippen molar-refractivity contribution in [2.45, 2.75) is 25.9 Å². The van der Waals surface area contributed by atoms with Gasteiger partial charge in [0.25, 0.3) is 0 Å². The Morgan fingerprint density at radius 2 is 1.95 bits per heavy atom. The molecule has 19 heavy (non-hydrogen) atoms. The molecule has 0 bridgehead atoms. The number of carbonyl (C=O) groups excluding carboxylic acids is 1. The van der Waals surface area contributed by atoms with Crippen molar-refractivity contribution in [3.05, 3.63) is 48.0 Å². The maximum absolute atomic E-state index is 11.2. The summed E-state index contributed by atoms with van der Waals surface area (Å²) in [6.45, 7) is 2.74. The highest BCUT2D eigenvalue weighted by molar-refractivity contribution is 5.85. The van der Waals surface area contributed by atoms with Gasteiger partial charge in [0.05, 0.1) is 13.5 Å². The normalized spacial score (nSPS) is 12.3. The fraction of sp³-hybridized carbons (Fsp3) is 0.312. The van der Waals surface area contributed by atoms with Crippen LogP contribution < -0.4 is 5.32 Å². The van der Waals surface area contributed by atoms with Crippen LogP contribution in [-0.4, -0.2) is 19.1 Å². The molecule has 0 spiro atoms. The molecule has 2 aromatic rings. The second kappa shape index (κ2) is 6.34. The lowest BCUT2D eigenvalue weighted by molar-refractivity contribution is -0.141. The zero-order chi connectivity index (χ0) is 13.7. The van der Waals surface area contributed by atoms with Gasteiger partial charge in [0.15, 0.2) is 0 Å². The van der Waals surface area contributed by atoms with E-state index in [2.05, 4.69) is 40.4 Å². The Kier molecular flexibility index (Phi) is 4.53. The van der Waals surface area contributed by atoms with Crippen molar-refractivity contribution < 1.29 is 9.53 Å². The summed E-state index contributed by atoms with van der Waals surface area (Å²) in [4.78, 5) is 11.2. The summed E-state index contributed by atoms with van der Waals surface area (Å²) in [5, 5.41) is 5.85. The highest BCUT2D eigenvalue weighted by atomic mass is 16.5. The summed E-state index contributed by atoms with van der Waals surface area (Å²) in [5.41, 5.74) is 1.25. The van der Waals surface area contributed by atoms with Gasteiger partial charge in [-0.05, 0) is 23.3 Å². The first-order valence-electron chi connectivity index (χ1n) is 6.47. The van der Waals surface area contributed by atoms with Crippen molar-refractivity contribution in [2.24, 2.45) is 0 Å². The van der Waals surface area contributed by atoms with Crippen LogP contribution in [0.25, 0.3) is 10.8 Å². The molecule has 0 radical (unpaired) electrons. The summed E-state index contributed by atoms with van der Waals surface area (Å²) >= 11 is 0. The van der Waals surface area contributed by atoms with Crippen molar-refractivity contribution in [3.63, 3.8) is 0 Å². The molecule has 2 aromatic carbocycles. The summed E-state index contributed by atoms with van der Waals surface area (Å²) in [6, 6.07) is 14.7. The van der Waals surface area contributed by atoms with Gasteiger partial charge in [-0.3, -0.25) is 4.79 Å². The lowest BCUT2D eigenvalue weighted by Crippen LogP contribution is -2.28. The Morgan fingerprint density at radius 3 is 2.74 bits per heavy atom. The number of esters is 1. The van der Waals surface area contributed by atoms with Crippen molar-refractivity contribution in [1.82, 2.24) is 5.32 Å². The van der Waals surface area contributed by atoms with Crippen LogP contribution in [0.4, 0.5) is 0 Å². The zero-order valence-electron chi connectivity index (χ0n) is 11.3. The molecule has 0 saturated carbocycles. The average Bonchev–Trinajstić information content (AvgIpc) is 2.44. The van der Waals surface area contributed by atoms with Gasteiger partial charge in [-0.15, -0.1) is 0 Å². The number of hydrogen-bond donors (Lipinski definition) is 1. The molecular weight excluding hydrogens is 238 g/mol. The number of ether oxygens (including phenoxy) is 1. The van der Waals surface area contributed by atoms with E-state index in [1.807, 2.05) is 19.1 Å². The first kappa shape index (κ1) is 13.6. The van der Waals surface area contributed by atoms with Gasteiger partial charge in [-0.1, -0.05) is 42.5 Å². The quantitative estimate of drug-likeness (QED) is 0.837. The maximum Gasteiger partial charge on any atom is 0.307 e. The molecule has 1 unspecified atom stereocenters. The first-order chi connectivity index (χ1) is 9.20. The highest BCUT2D eigenvalue weighted by Crippen LogP contribution is 2.18. The van der Waals surface area contributed by atoms with Gasteiger partial charge in [-0.2, -0.15) is 0 Å². The minimum absolute atomic E-state index is 0.103. The van der Waals surface area contributed by atoms with Crippen LogP contribution in [0.1, 0.15) is 18.9 Å². The smallest absolute Gasteiger partial charge is 0.307 e. The second-order valence-corrected chi connectivity index (χ2v) is 4.70.